The number of aromatic nitrogens is 2. The zero-order chi connectivity index (χ0) is 13.0. The molecule has 1 fully saturated rings. The molecular weight excluding hydrogens is 234 g/mol. The smallest absolute Gasteiger partial charge is 0.312 e. The summed E-state index contributed by atoms with van der Waals surface area (Å²) in [5.41, 5.74) is 0. The fourth-order valence-electron chi connectivity index (χ4n) is 2.49. The first kappa shape index (κ1) is 13.0. The molecule has 0 aliphatic carbocycles. The average Bonchev–Trinajstić information content (AvgIpc) is 2.76. The van der Waals surface area contributed by atoms with Crippen molar-refractivity contribution in [2.45, 2.75) is 45.1 Å². The van der Waals surface area contributed by atoms with Gasteiger partial charge < -0.3 is 14.5 Å². The molecule has 2 heterocycles. The van der Waals surface area contributed by atoms with E-state index in [1.54, 1.807) is 0 Å². The lowest BCUT2D eigenvalue weighted by molar-refractivity contribution is -0.136. The van der Waals surface area contributed by atoms with Crippen LogP contribution in [0.3, 0.4) is 0 Å². The van der Waals surface area contributed by atoms with Crippen LogP contribution >= 0.6 is 0 Å². The minimum atomic E-state index is -0.946. The molecular formula is C12H19N3O3. The Morgan fingerprint density at radius 2 is 2.39 bits per heavy atom. The molecule has 0 aromatic carbocycles. The Labute approximate surface area is 106 Å². The van der Waals surface area contributed by atoms with Crippen LogP contribution in [-0.4, -0.2) is 45.2 Å². The normalized spacial score (nSPS) is 21.1. The number of rotatable bonds is 5. The van der Waals surface area contributed by atoms with Gasteiger partial charge in [-0.2, -0.15) is 4.98 Å². The largest absolute Gasteiger partial charge is 0.481 e. The molecule has 1 unspecified atom stereocenters. The van der Waals surface area contributed by atoms with Gasteiger partial charge in [0.1, 0.15) is 6.42 Å². The van der Waals surface area contributed by atoms with Gasteiger partial charge in [-0.3, -0.25) is 4.79 Å². The Hall–Kier alpha value is -1.43. The van der Waals surface area contributed by atoms with Crippen LogP contribution in [0.4, 0.5) is 0 Å². The van der Waals surface area contributed by atoms with Gasteiger partial charge in [-0.1, -0.05) is 18.5 Å². The van der Waals surface area contributed by atoms with E-state index in [0.717, 1.165) is 25.9 Å². The molecule has 1 aromatic rings. The van der Waals surface area contributed by atoms with Crippen molar-refractivity contribution in [1.82, 2.24) is 15.0 Å². The molecule has 18 heavy (non-hydrogen) atoms. The topological polar surface area (TPSA) is 79.5 Å². The lowest BCUT2D eigenvalue weighted by Crippen LogP contribution is -2.40. The van der Waals surface area contributed by atoms with Crippen LogP contribution in [0, 0.1) is 0 Å². The second-order valence-electron chi connectivity index (χ2n) is 4.66. The van der Waals surface area contributed by atoms with E-state index in [1.165, 1.54) is 12.8 Å². The summed E-state index contributed by atoms with van der Waals surface area (Å²) in [6.07, 6.45) is 4.19. The van der Waals surface area contributed by atoms with E-state index in [1.807, 2.05) is 0 Å². The summed E-state index contributed by atoms with van der Waals surface area (Å²) >= 11 is 0. The van der Waals surface area contributed by atoms with E-state index >= 15 is 0 Å². The third-order valence-corrected chi connectivity index (χ3v) is 3.39. The van der Waals surface area contributed by atoms with Crippen molar-refractivity contribution < 1.29 is 14.4 Å². The number of hydrogen-bond donors (Lipinski definition) is 1. The Balaban J connectivity index is 1.95. The van der Waals surface area contributed by atoms with Gasteiger partial charge in [-0.15, -0.1) is 0 Å². The SMILES string of the molecule is CCN1CCCCC1Cc1noc(CC(=O)O)n1. The zero-order valence-electron chi connectivity index (χ0n) is 10.6. The number of carboxylic acid groups (broad SMARTS) is 1. The van der Waals surface area contributed by atoms with E-state index in [0.29, 0.717) is 11.9 Å². The highest BCUT2D eigenvalue weighted by molar-refractivity contribution is 5.68. The van der Waals surface area contributed by atoms with Crippen LogP contribution in [0.15, 0.2) is 4.52 Å². The number of likely N-dealkylation sites (N-methyl/N-ethyl adjacent to an activating group) is 1. The Morgan fingerprint density at radius 1 is 1.56 bits per heavy atom. The van der Waals surface area contributed by atoms with Crippen molar-refractivity contribution >= 4 is 5.97 Å². The molecule has 1 N–H and O–H groups in total. The maximum atomic E-state index is 10.5. The molecule has 1 aromatic heterocycles. The molecule has 0 amide bonds. The van der Waals surface area contributed by atoms with Crippen molar-refractivity contribution in [1.29, 1.82) is 0 Å². The van der Waals surface area contributed by atoms with E-state index < -0.39 is 5.97 Å². The highest BCUT2D eigenvalue weighted by atomic mass is 16.5. The van der Waals surface area contributed by atoms with Crippen LogP contribution in [0.5, 0.6) is 0 Å². The van der Waals surface area contributed by atoms with Crippen molar-refractivity contribution in [3.8, 4) is 0 Å². The standard InChI is InChI=1S/C12H19N3O3/c1-2-15-6-4-3-5-9(15)7-10-13-11(18-14-10)8-12(16)17/h9H,2-8H2,1H3,(H,16,17). The second kappa shape index (κ2) is 5.95. The fourth-order valence-corrected chi connectivity index (χ4v) is 2.49. The molecule has 0 saturated carbocycles. The molecule has 100 valence electrons. The predicted molar refractivity (Wildman–Crippen MR) is 64.2 cm³/mol. The minimum absolute atomic E-state index is 0.191. The molecule has 1 saturated heterocycles. The van der Waals surface area contributed by atoms with Gasteiger partial charge in [0, 0.05) is 12.5 Å². The summed E-state index contributed by atoms with van der Waals surface area (Å²) in [6.45, 7) is 4.32. The number of hydrogen-bond acceptors (Lipinski definition) is 5. The minimum Gasteiger partial charge on any atom is -0.481 e. The summed E-state index contributed by atoms with van der Waals surface area (Å²) in [4.78, 5) is 17.1. The Kier molecular flexibility index (Phi) is 4.30. The van der Waals surface area contributed by atoms with E-state index in [4.69, 9.17) is 9.63 Å². The van der Waals surface area contributed by atoms with E-state index in [9.17, 15) is 4.79 Å². The molecule has 2 rings (SSSR count). The predicted octanol–water partition coefficient (Wildman–Crippen LogP) is 1.11. The average molecular weight is 253 g/mol. The molecule has 1 atom stereocenters. The number of likely N-dealkylation sites (tertiary alicyclic amines) is 1. The van der Waals surface area contributed by atoms with Crippen LogP contribution in [-0.2, 0) is 17.6 Å². The van der Waals surface area contributed by atoms with Gasteiger partial charge >= 0.3 is 5.97 Å². The number of carbonyl (C=O) groups is 1. The molecule has 0 radical (unpaired) electrons. The maximum Gasteiger partial charge on any atom is 0.312 e. The molecule has 1 aliphatic rings. The lowest BCUT2D eigenvalue weighted by atomic mass is 9.99. The summed E-state index contributed by atoms with van der Waals surface area (Å²) in [5, 5.41) is 12.5. The van der Waals surface area contributed by atoms with Crippen molar-refractivity contribution in [3.63, 3.8) is 0 Å². The maximum absolute atomic E-state index is 10.5. The van der Waals surface area contributed by atoms with E-state index in [2.05, 4.69) is 22.0 Å². The van der Waals surface area contributed by atoms with Gasteiger partial charge in [0.2, 0.25) is 5.89 Å². The first-order valence-corrected chi connectivity index (χ1v) is 6.46. The Morgan fingerprint density at radius 3 is 3.11 bits per heavy atom. The fraction of sp³-hybridized carbons (Fsp3) is 0.750. The molecule has 6 nitrogen and oxygen atoms in total. The third kappa shape index (κ3) is 3.29. The number of aliphatic carboxylic acids is 1. The van der Waals surface area contributed by atoms with Gasteiger partial charge in [0.15, 0.2) is 5.82 Å². The monoisotopic (exact) mass is 253 g/mol. The van der Waals surface area contributed by atoms with Crippen LogP contribution < -0.4 is 0 Å². The van der Waals surface area contributed by atoms with E-state index in [-0.39, 0.29) is 12.3 Å². The Bertz CT molecular complexity index is 405. The van der Waals surface area contributed by atoms with Gasteiger partial charge in [-0.25, -0.2) is 0 Å². The number of carboxylic acids is 1. The second-order valence-corrected chi connectivity index (χ2v) is 4.66. The van der Waals surface area contributed by atoms with Crippen LogP contribution in [0.1, 0.15) is 37.9 Å². The highest BCUT2D eigenvalue weighted by Gasteiger charge is 2.23. The lowest BCUT2D eigenvalue weighted by Gasteiger charge is -2.34. The van der Waals surface area contributed by atoms with Crippen molar-refractivity contribution in [2.75, 3.05) is 13.1 Å². The number of nitrogens with zero attached hydrogens (tertiary/aromatic N) is 3. The quantitative estimate of drug-likeness (QED) is 0.847. The third-order valence-electron chi connectivity index (χ3n) is 3.39. The molecule has 6 heteroatoms. The highest BCUT2D eigenvalue weighted by Crippen LogP contribution is 2.19. The molecule has 0 spiro atoms. The van der Waals surface area contributed by atoms with Crippen molar-refractivity contribution in [2.24, 2.45) is 0 Å². The summed E-state index contributed by atoms with van der Waals surface area (Å²) in [5.74, 6) is -0.133. The van der Waals surface area contributed by atoms with Gasteiger partial charge in [-0.05, 0) is 25.9 Å². The first-order valence-electron chi connectivity index (χ1n) is 6.46. The molecule has 0 bridgehead atoms. The zero-order valence-corrected chi connectivity index (χ0v) is 10.6. The number of piperidine rings is 1. The van der Waals surface area contributed by atoms with Crippen LogP contribution in [0.25, 0.3) is 0 Å². The first-order chi connectivity index (χ1) is 8.69. The van der Waals surface area contributed by atoms with Crippen LogP contribution in [0.2, 0.25) is 0 Å². The van der Waals surface area contributed by atoms with Gasteiger partial charge in [0.25, 0.3) is 0 Å². The summed E-state index contributed by atoms with van der Waals surface area (Å²) in [6, 6.07) is 0.457. The molecule has 1 aliphatic heterocycles. The van der Waals surface area contributed by atoms with Gasteiger partial charge in [0.05, 0.1) is 0 Å². The van der Waals surface area contributed by atoms with Crippen molar-refractivity contribution in [3.05, 3.63) is 11.7 Å². The summed E-state index contributed by atoms with van der Waals surface area (Å²) < 4.78 is 4.93. The summed E-state index contributed by atoms with van der Waals surface area (Å²) in [7, 11) is 0.